The molecule has 7 heteroatoms. The van der Waals surface area contributed by atoms with E-state index in [0.717, 1.165) is 18.6 Å². The van der Waals surface area contributed by atoms with Gasteiger partial charge in [0.25, 0.3) is 0 Å². The maximum atomic E-state index is 11.8. The van der Waals surface area contributed by atoms with E-state index in [1.807, 2.05) is 12.2 Å². The molecular formula is C19H26N2O5. The first-order valence-electron chi connectivity index (χ1n) is 8.67. The van der Waals surface area contributed by atoms with Crippen molar-refractivity contribution in [2.45, 2.75) is 44.6 Å². The lowest BCUT2D eigenvalue weighted by molar-refractivity contribution is -0.151. The van der Waals surface area contributed by atoms with Crippen LogP contribution < -0.4 is 11.5 Å². The van der Waals surface area contributed by atoms with E-state index in [9.17, 15) is 9.59 Å². The van der Waals surface area contributed by atoms with Crippen molar-refractivity contribution in [2.75, 3.05) is 13.7 Å². The molecule has 0 amide bonds. The first-order chi connectivity index (χ1) is 12.5. The highest BCUT2D eigenvalue weighted by molar-refractivity contribution is 5.72. The molecule has 0 aliphatic heterocycles. The summed E-state index contributed by atoms with van der Waals surface area (Å²) in [5.74, 6) is 0.171. The SMILES string of the molecule is COC1=CC=C(CCC(=O)OCCC(=O)OC2C=C(N)C=C(N)C2)CC1. The molecule has 0 heterocycles. The second kappa shape index (κ2) is 9.70. The lowest BCUT2D eigenvalue weighted by atomic mass is 9.99. The Balaban J connectivity index is 1.61. The minimum atomic E-state index is -0.466. The number of esters is 2. The van der Waals surface area contributed by atoms with Gasteiger partial charge in [-0.05, 0) is 31.1 Å². The molecule has 4 N–H and O–H groups in total. The minimum Gasteiger partial charge on any atom is -0.501 e. The van der Waals surface area contributed by atoms with Crippen molar-refractivity contribution in [3.63, 3.8) is 0 Å². The van der Waals surface area contributed by atoms with Crippen LogP contribution in [0.15, 0.2) is 47.0 Å². The number of rotatable bonds is 8. The van der Waals surface area contributed by atoms with Gasteiger partial charge in [0, 0.05) is 30.7 Å². The fourth-order valence-electron chi connectivity index (χ4n) is 2.75. The number of methoxy groups -OCH3 is 1. The molecule has 1 atom stereocenters. The molecule has 0 aromatic heterocycles. The van der Waals surface area contributed by atoms with Crippen LogP contribution in [0.3, 0.4) is 0 Å². The summed E-state index contributed by atoms with van der Waals surface area (Å²) in [4.78, 5) is 23.6. The molecule has 0 aromatic rings. The lowest BCUT2D eigenvalue weighted by Crippen LogP contribution is -2.24. The van der Waals surface area contributed by atoms with Crippen LogP contribution in [0.2, 0.25) is 0 Å². The standard InChI is InChI=1S/C19H26N2O5/c1-24-16-5-2-13(3-6-16)4-7-18(22)25-9-8-19(23)26-17-11-14(20)10-15(21)12-17/h2,5,10-11,17H,3-4,6-9,12,20-21H2,1H3. The molecule has 0 saturated carbocycles. The zero-order valence-electron chi connectivity index (χ0n) is 15.0. The van der Waals surface area contributed by atoms with Gasteiger partial charge in [-0.15, -0.1) is 0 Å². The van der Waals surface area contributed by atoms with Gasteiger partial charge in [-0.1, -0.05) is 11.6 Å². The van der Waals surface area contributed by atoms with E-state index in [1.165, 1.54) is 5.57 Å². The van der Waals surface area contributed by atoms with E-state index in [0.29, 0.717) is 30.7 Å². The minimum absolute atomic E-state index is 0.00166. The molecule has 142 valence electrons. The predicted octanol–water partition coefficient (Wildman–Crippen LogP) is 1.95. The number of carbonyl (C=O) groups excluding carboxylic acids is 2. The van der Waals surface area contributed by atoms with Gasteiger partial charge in [0.2, 0.25) is 0 Å². The fraction of sp³-hybridized carbons (Fsp3) is 0.474. The molecule has 2 rings (SSSR count). The van der Waals surface area contributed by atoms with Crippen LogP contribution >= 0.6 is 0 Å². The molecule has 0 spiro atoms. The van der Waals surface area contributed by atoms with Crippen LogP contribution in [-0.4, -0.2) is 31.8 Å². The summed E-state index contributed by atoms with van der Waals surface area (Å²) in [5.41, 5.74) is 13.6. The largest absolute Gasteiger partial charge is 0.501 e. The average Bonchev–Trinajstić information content (AvgIpc) is 2.59. The van der Waals surface area contributed by atoms with E-state index < -0.39 is 12.1 Å². The molecule has 0 fully saturated rings. The molecule has 0 saturated heterocycles. The van der Waals surface area contributed by atoms with E-state index in [-0.39, 0.29) is 19.0 Å². The normalized spacial score (nSPS) is 19.5. The van der Waals surface area contributed by atoms with E-state index >= 15 is 0 Å². The zero-order valence-corrected chi connectivity index (χ0v) is 15.0. The predicted molar refractivity (Wildman–Crippen MR) is 96.3 cm³/mol. The topological polar surface area (TPSA) is 114 Å². The smallest absolute Gasteiger partial charge is 0.309 e. The number of carbonyl (C=O) groups is 2. The monoisotopic (exact) mass is 362 g/mol. The highest BCUT2D eigenvalue weighted by Gasteiger charge is 2.17. The number of nitrogens with two attached hydrogens (primary N) is 2. The molecule has 0 bridgehead atoms. The summed E-state index contributed by atoms with van der Waals surface area (Å²) in [7, 11) is 1.65. The van der Waals surface area contributed by atoms with Crippen molar-refractivity contribution in [1.82, 2.24) is 0 Å². The Labute approximate surface area is 153 Å². The van der Waals surface area contributed by atoms with Crippen LogP contribution in [0.5, 0.6) is 0 Å². The van der Waals surface area contributed by atoms with Crippen LogP contribution in [0.4, 0.5) is 0 Å². The number of hydrogen-bond donors (Lipinski definition) is 2. The maximum absolute atomic E-state index is 11.8. The first kappa shape index (κ1) is 19.6. The first-order valence-corrected chi connectivity index (χ1v) is 8.67. The zero-order chi connectivity index (χ0) is 18.9. The van der Waals surface area contributed by atoms with Crippen molar-refractivity contribution in [1.29, 1.82) is 0 Å². The van der Waals surface area contributed by atoms with E-state index in [2.05, 4.69) is 0 Å². The molecule has 26 heavy (non-hydrogen) atoms. The average molecular weight is 362 g/mol. The summed E-state index contributed by atoms with van der Waals surface area (Å²) in [6.07, 6.45) is 9.81. The summed E-state index contributed by atoms with van der Waals surface area (Å²) in [5, 5.41) is 0. The van der Waals surface area contributed by atoms with Crippen molar-refractivity contribution >= 4 is 11.9 Å². The lowest BCUT2D eigenvalue weighted by Gasteiger charge is -2.18. The van der Waals surface area contributed by atoms with Gasteiger partial charge < -0.3 is 25.7 Å². The Morgan fingerprint density at radius 1 is 1.15 bits per heavy atom. The van der Waals surface area contributed by atoms with Crippen molar-refractivity contribution < 1.29 is 23.8 Å². The molecule has 1 unspecified atom stereocenters. The Morgan fingerprint density at radius 3 is 2.62 bits per heavy atom. The second-order valence-corrected chi connectivity index (χ2v) is 6.25. The molecule has 2 aliphatic carbocycles. The Bertz CT molecular complexity index is 661. The van der Waals surface area contributed by atoms with Crippen LogP contribution in [0, 0.1) is 0 Å². The Kier molecular flexibility index (Phi) is 7.32. The van der Waals surface area contributed by atoms with E-state index in [1.54, 1.807) is 19.3 Å². The third kappa shape index (κ3) is 6.66. The van der Waals surface area contributed by atoms with Gasteiger partial charge in [-0.25, -0.2) is 0 Å². The molecule has 0 aromatic carbocycles. The van der Waals surface area contributed by atoms with Crippen LogP contribution in [0.25, 0.3) is 0 Å². The summed E-state index contributed by atoms with van der Waals surface area (Å²) >= 11 is 0. The molecule has 7 nitrogen and oxygen atoms in total. The van der Waals surface area contributed by atoms with Gasteiger partial charge >= 0.3 is 11.9 Å². The Hall–Kier alpha value is -2.70. The highest BCUT2D eigenvalue weighted by atomic mass is 16.6. The van der Waals surface area contributed by atoms with Crippen molar-refractivity contribution in [3.8, 4) is 0 Å². The van der Waals surface area contributed by atoms with Crippen molar-refractivity contribution in [3.05, 3.63) is 47.0 Å². The van der Waals surface area contributed by atoms with Crippen molar-refractivity contribution in [2.24, 2.45) is 11.5 Å². The summed E-state index contributed by atoms with van der Waals surface area (Å²) < 4.78 is 15.5. The van der Waals surface area contributed by atoms with Gasteiger partial charge in [-0.2, -0.15) is 0 Å². The number of allylic oxidation sites excluding steroid dienone is 5. The fourth-order valence-corrected chi connectivity index (χ4v) is 2.75. The number of hydrogen-bond acceptors (Lipinski definition) is 7. The van der Waals surface area contributed by atoms with Gasteiger partial charge in [0.05, 0.1) is 19.3 Å². The summed E-state index contributed by atoms with van der Waals surface area (Å²) in [6, 6.07) is 0. The van der Waals surface area contributed by atoms with Gasteiger partial charge in [0.1, 0.15) is 12.7 Å². The Morgan fingerprint density at radius 2 is 1.96 bits per heavy atom. The van der Waals surface area contributed by atoms with Gasteiger partial charge in [0.15, 0.2) is 0 Å². The quantitative estimate of drug-likeness (QED) is 0.634. The summed E-state index contributed by atoms with van der Waals surface area (Å²) in [6.45, 7) is 0.00166. The maximum Gasteiger partial charge on any atom is 0.309 e. The highest BCUT2D eigenvalue weighted by Crippen LogP contribution is 2.22. The third-order valence-corrected chi connectivity index (χ3v) is 4.13. The van der Waals surface area contributed by atoms with E-state index in [4.69, 9.17) is 25.7 Å². The number of ether oxygens (including phenoxy) is 3. The second-order valence-electron chi connectivity index (χ2n) is 6.25. The molecule has 2 aliphatic rings. The van der Waals surface area contributed by atoms with Crippen LogP contribution in [-0.2, 0) is 23.8 Å². The molecular weight excluding hydrogens is 336 g/mol. The van der Waals surface area contributed by atoms with Gasteiger partial charge in [-0.3, -0.25) is 9.59 Å². The third-order valence-electron chi connectivity index (χ3n) is 4.13. The molecule has 0 radical (unpaired) electrons. The van der Waals surface area contributed by atoms with Crippen LogP contribution in [0.1, 0.15) is 38.5 Å².